The number of thiazole rings is 1. The number of nitrogens with zero attached hydrogens (tertiary/aromatic N) is 2. The van der Waals surface area contributed by atoms with Crippen molar-refractivity contribution in [1.29, 1.82) is 0 Å². The Morgan fingerprint density at radius 2 is 1.84 bits per heavy atom. The minimum atomic E-state index is 0. The van der Waals surface area contributed by atoms with Crippen molar-refractivity contribution >= 4 is 57.2 Å². The van der Waals surface area contributed by atoms with Gasteiger partial charge in [0.2, 0.25) is 0 Å². The summed E-state index contributed by atoms with van der Waals surface area (Å²) in [6, 6.07) is 19.0. The molecule has 0 saturated heterocycles. The Kier molecular flexibility index (Phi) is 5.58. The van der Waals surface area contributed by atoms with Gasteiger partial charge < -0.3 is 5.32 Å². The highest BCUT2D eigenvalue weighted by atomic mass is 35.5. The molecule has 0 aliphatic heterocycles. The molecular weight excluding hydrogens is 370 g/mol. The smallest absolute Gasteiger partial charge is 0.188 e. The summed E-state index contributed by atoms with van der Waals surface area (Å²) in [7, 11) is 0. The number of fused-ring (bicyclic) bond motifs is 1. The van der Waals surface area contributed by atoms with E-state index >= 15 is 0 Å². The second-order valence-electron chi connectivity index (χ2n) is 5.38. The van der Waals surface area contributed by atoms with E-state index < -0.39 is 0 Å². The van der Waals surface area contributed by atoms with Crippen LogP contribution in [0.5, 0.6) is 0 Å². The standard InChI is InChI=1S/C19H15N3S2.ClH/c1-13-12-23-19(21-13)22-18-17(7-4-10-20-18)24-16-9-8-14-5-2-3-6-15(14)11-16;/h2-12H,1H3,(H,20,21,22);1H. The summed E-state index contributed by atoms with van der Waals surface area (Å²) < 4.78 is 0. The van der Waals surface area contributed by atoms with Crippen molar-refractivity contribution in [3.05, 3.63) is 71.9 Å². The number of hydrogen-bond acceptors (Lipinski definition) is 5. The van der Waals surface area contributed by atoms with Gasteiger partial charge in [0.25, 0.3) is 0 Å². The Morgan fingerprint density at radius 1 is 1.00 bits per heavy atom. The summed E-state index contributed by atoms with van der Waals surface area (Å²) in [6.45, 7) is 1.99. The Bertz CT molecular complexity index is 1000. The lowest BCUT2D eigenvalue weighted by atomic mass is 10.1. The van der Waals surface area contributed by atoms with Crippen molar-refractivity contribution in [3.63, 3.8) is 0 Å². The maximum Gasteiger partial charge on any atom is 0.188 e. The maximum atomic E-state index is 4.48. The van der Waals surface area contributed by atoms with E-state index in [9.17, 15) is 0 Å². The third-order valence-electron chi connectivity index (χ3n) is 3.56. The number of halogens is 1. The summed E-state index contributed by atoms with van der Waals surface area (Å²) in [5.41, 5.74) is 1.02. The van der Waals surface area contributed by atoms with Crippen molar-refractivity contribution in [2.45, 2.75) is 16.7 Å². The van der Waals surface area contributed by atoms with Gasteiger partial charge in [-0.2, -0.15) is 0 Å². The van der Waals surface area contributed by atoms with Gasteiger partial charge in [0, 0.05) is 16.5 Å². The van der Waals surface area contributed by atoms with E-state index in [0.29, 0.717) is 0 Å². The second-order valence-corrected chi connectivity index (χ2v) is 7.35. The fourth-order valence-electron chi connectivity index (χ4n) is 2.44. The van der Waals surface area contributed by atoms with Crippen molar-refractivity contribution in [2.24, 2.45) is 0 Å². The van der Waals surface area contributed by atoms with E-state index in [1.165, 1.54) is 15.7 Å². The van der Waals surface area contributed by atoms with Crippen molar-refractivity contribution in [1.82, 2.24) is 9.97 Å². The van der Waals surface area contributed by atoms with Crippen LogP contribution in [0.15, 0.2) is 76.0 Å². The van der Waals surface area contributed by atoms with E-state index in [0.717, 1.165) is 21.5 Å². The average molecular weight is 386 g/mol. The molecule has 0 unspecified atom stereocenters. The van der Waals surface area contributed by atoms with Gasteiger partial charge in [-0.1, -0.05) is 42.1 Å². The molecule has 2 aromatic heterocycles. The highest BCUT2D eigenvalue weighted by Crippen LogP contribution is 2.35. The Morgan fingerprint density at radius 3 is 2.64 bits per heavy atom. The first-order valence-electron chi connectivity index (χ1n) is 7.59. The topological polar surface area (TPSA) is 37.8 Å². The minimum Gasteiger partial charge on any atom is -0.315 e. The number of aryl methyl sites for hydroxylation is 1. The van der Waals surface area contributed by atoms with Crippen LogP contribution in [-0.2, 0) is 0 Å². The van der Waals surface area contributed by atoms with Crippen LogP contribution in [0.1, 0.15) is 5.69 Å². The molecule has 4 rings (SSSR count). The normalized spacial score (nSPS) is 10.4. The molecule has 0 atom stereocenters. The molecular formula is C19H16ClN3S2. The Balaban J connectivity index is 0.00000182. The van der Waals surface area contributed by atoms with Crippen LogP contribution >= 0.6 is 35.5 Å². The Hall–Kier alpha value is -2.08. The van der Waals surface area contributed by atoms with Crippen molar-refractivity contribution in [2.75, 3.05) is 5.32 Å². The molecule has 0 aliphatic carbocycles. The molecule has 6 heteroatoms. The zero-order chi connectivity index (χ0) is 16.4. The average Bonchev–Trinajstić information content (AvgIpc) is 3.01. The fourth-order valence-corrected chi connectivity index (χ4v) is 4.05. The zero-order valence-corrected chi connectivity index (χ0v) is 15.9. The van der Waals surface area contributed by atoms with Gasteiger partial charge in [0.1, 0.15) is 5.82 Å². The van der Waals surface area contributed by atoms with Gasteiger partial charge in [-0.25, -0.2) is 9.97 Å². The highest BCUT2D eigenvalue weighted by Gasteiger charge is 2.08. The van der Waals surface area contributed by atoms with Crippen molar-refractivity contribution in [3.8, 4) is 0 Å². The van der Waals surface area contributed by atoms with Gasteiger partial charge >= 0.3 is 0 Å². The quantitative estimate of drug-likeness (QED) is 0.446. The zero-order valence-electron chi connectivity index (χ0n) is 13.5. The number of rotatable bonds is 4. The summed E-state index contributed by atoms with van der Waals surface area (Å²) in [4.78, 5) is 11.2. The van der Waals surface area contributed by atoms with Crippen LogP contribution in [-0.4, -0.2) is 9.97 Å². The minimum absolute atomic E-state index is 0. The first-order chi connectivity index (χ1) is 11.8. The number of benzene rings is 2. The third kappa shape index (κ3) is 4.12. The molecule has 2 aromatic carbocycles. The molecule has 0 spiro atoms. The largest absolute Gasteiger partial charge is 0.315 e. The summed E-state index contributed by atoms with van der Waals surface area (Å²) >= 11 is 3.30. The molecule has 0 bridgehead atoms. The molecule has 0 saturated carbocycles. The number of aromatic nitrogens is 2. The number of anilines is 2. The fraction of sp³-hybridized carbons (Fsp3) is 0.0526. The maximum absolute atomic E-state index is 4.48. The summed E-state index contributed by atoms with van der Waals surface area (Å²) in [5, 5.41) is 8.72. The molecule has 0 fully saturated rings. The van der Waals surface area contributed by atoms with Crippen LogP contribution in [0.2, 0.25) is 0 Å². The summed E-state index contributed by atoms with van der Waals surface area (Å²) in [6.07, 6.45) is 1.80. The monoisotopic (exact) mass is 385 g/mol. The summed E-state index contributed by atoms with van der Waals surface area (Å²) in [5.74, 6) is 0.838. The number of pyridine rings is 1. The van der Waals surface area contributed by atoms with Crippen LogP contribution in [0, 0.1) is 6.92 Å². The van der Waals surface area contributed by atoms with Gasteiger partial charge in [-0.05, 0) is 42.0 Å². The lowest BCUT2D eigenvalue weighted by molar-refractivity contribution is 1.20. The first-order valence-corrected chi connectivity index (χ1v) is 9.28. The van der Waals surface area contributed by atoms with Gasteiger partial charge in [0.05, 0.1) is 10.6 Å². The molecule has 1 N–H and O–H groups in total. The molecule has 2 heterocycles. The van der Waals surface area contributed by atoms with Crippen LogP contribution < -0.4 is 5.32 Å². The Labute approximate surface area is 160 Å². The van der Waals surface area contributed by atoms with E-state index in [-0.39, 0.29) is 12.4 Å². The van der Waals surface area contributed by atoms with Gasteiger partial charge in [0.15, 0.2) is 5.13 Å². The molecule has 25 heavy (non-hydrogen) atoms. The molecule has 4 aromatic rings. The lowest BCUT2D eigenvalue weighted by Crippen LogP contribution is -1.95. The van der Waals surface area contributed by atoms with E-state index in [4.69, 9.17) is 0 Å². The molecule has 3 nitrogen and oxygen atoms in total. The predicted octanol–water partition coefficient (Wildman–Crippen LogP) is 6.32. The molecule has 0 radical (unpaired) electrons. The third-order valence-corrected chi connectivity index (χ3v) is 5.48. The molecule has 0 aliphatic rings. The van der Waals surface area contributed by atoms with Crippen molar-refractivity contribution < 1.29 is 0 Å². The first kappa shape index (κ1) is 17.7. The second kappa shape index (κ2) is 7.87. The van der Waals surface area contributed by atoms with Crippen LogP contribution in [0.4, 0.5) is 10.9 Å². The van der Waals surface area contributed by atoms with Gasteiger partial charge in [-0.15, -0.1) is 23.7 Å². The van der Waals surface area contributed by atoms with E-state index in [1.807, 2.05) is 18.4 Å². The molecule has 126 valence electrons. The van der Waals surface area contributed by atoms with E-state index in [1.54, 1.807) is 29.3 Å². The highest BCUT2D eigenvalue weighted by molar-refractivity contribution is 7.99. The SMILES string of the molecule is Cc1csc(Nc2ncccc2Sc2ccc3ccccc3c2)n1.Cl. The van der Waals surface area contributed by atoms with Crippen LogP contribution in [0.3, 0.4) is 0 Å². The lowest BCUT2D eigenvalue weighted by Gasteiger charge is -2.09. The van der Waals surface area contributed by atoms with Crippen LogP contribution in [0.25, 0.3) is 10.8 Å². The molecule has 0 amide bonds. The number of hydrogen-bond donors (Lipinski definition) is 1. The van der Waals surface area contributed by atoms with E-state index in [2.05, 4.69) is 63.8 Å². The predicted molar refractivity (Wildman–Crippen MR) is 110 cm³/mol. The number of nitrogens with one attached hydrogen (secondary N) is 1. The van der Waals surface area contributed by atoms with Gasteiger partial charge in [-0.3, -0.25) is 0 Å².